The second kappa shape index (κ2) is 5.44. The molecule has 0 atom stereocenters. The summed E-state index contributed by atoms with van der Waals surface area (Å²) in [4.78, 5) is 11.9. The molecule has 4 nitrogen and oxygen atoms in total. The smallest absolute Gasteiger partial charge is 0.251 e. The number of aryl methyl sites for hydroxylation is 1. The topological polar surface area (TPSA) is 69.6 Å². The Bertz CT molecular complexity index is 608. The van der Waals surface area contributed by atoms with Crippen LogP contribution in [0.1, 0.15) is 21.5 Å². The molecule has 0 bridgehead atoms. The van der Waals surface area contributed by atoms with Gasteiger partial charge < -0.3 is 15.5 Å². The number of phenols is 2. The molecule has 0 saturated heterocycles. The average molecular weight is 257 g/mol. The molecule has 0 spiro atoms. The van der Waals surface area contributed by atoms with Crippen molar-refractivity contribution in [2.75, 3.05) is 0 Å². The lowest BCUT2D eigenvalue weighted by Gasteiger charge is -2.08. The van der Waals surface area contributed by atoms with Crippen molar-refractivity contribution in [2.45, 2.75) is 13.5 Å². The van der Waals surface area contributed by atoms with E-state index in [0.29, 0.717) is 11.1 Å². The van der Waals surface area contributed by atoms with Crippen molar-refractivity contribution in [1.29, 1.82) is 0 Å². The number of para-hydroxylation sites is 1. The van der Waals surface area contributed by atoms with Gasteiger partial charge in [-0.15, -0.1) is 0 Å². The Balaban J connectivity index is 2.05. The first kappa shape index (κ1) is 13.0. The van der Waals surface area contributed by atoms with Gasteiger partial charge in [-0.2, -0.15) is 0 Å². The number of phenolic OH excluding ortho intramolecular Hbond substituents is 2. The lowest BCUT2D eigenvalue weighted by molar-refractivity contribution is 0.0950. The molecule has 1 amide bonds. The summed E-state index contributed by atoms with van der Waals surface area (Å²) in [6.07, 6.45) is 0. The highest BCUT2D eigenvalue weighted by Crippen LogP contribution is 2.18. The number of carbonyl (C=O) groups excluding carboxylic acids is 1. The number of nitrogens with one attached hydrogen (secondary N) is 1. The third kappa shape index (κ3) is 3.04. The Hall–Kier alpha value is -2.49. The Morgan fingerprint density at radius 2 is 1.84 bits per heavy atom. The van der Waals surface area contributed by atoms with Gasteiger partial charge in [-0.05, 0) is 30.7 Å². The minimum atomic E-state index is -0.293. The lowest BCUT2D eigenvalue weighted by Crippen LogP contribution is -2.22. The molecular formula is C15H15NO3. The van der Waals surface area contributed by atoms with E-state index in [0.717, 1.165) is 5.56 Å². The summed E-state index contributed by atoms with van der Waals surface area (Å²) in [5, 5.41) is 21.8. The van der Waals surface area contributed by atoms with Gasteiger partial charge in [0, 0.05) is 17.7 Å². The zero-order valence-electron chi connectivity index (χ0n) is 10.6. The van der Waals surface area contributed by atoms with E-state index in [1.54, 1.807) is 43.3 Å². The molecule has 3 N–H and O–H groups in total. The van der Waals surface area contributed by atoms with Crippen LogP contribution in [0.4, 0.5) is 0 Å². The highest BCUT2D eigenvalue weighted by molar-refractivity contribution is 5.94. The summed E-state index contributed by atoms with van der Waals surface area (Å²) in [5.41, 5.74) is 1.75. The fourth-order valence-electron chi connectivity index (χ4n) is 1.69. The highest BCUT2D eigenvalue weighted by atomic mass is 16.3. The van der Waals surface area contributed by atoms with E-state index in [9.17, 15) is 15.0 Å². The van der Waals surface area contributed by atoms with Crippen LogP contribution in [0.3, 0.4) is 0 Å². The first-order chi connectivity index (χ1) is 9.08. The first-order valence-corrected chi connectivity index (χ1v) is 5.92. The summed E-state index contributed by atoms with van der Waals surface area (Å²) in [6, 6.07) is 11.6. The molecule has 2 rings (SSSR count). The predicted octanol–water partition coefficient (Wildman–Crippen LogP) is 2.34. The molecule has 0 fully saturated rings. The summed E-state index contributed by atoms with van der Waals surface area (Å²) in [5.74, 6) is -0.0525. The number of hydrogen-bond acceptors (Lipinski definition) is 3. The van der Waals surface area contributed by atoms with Gasteiger partial charge in [0.25, 0.3) is 5.91 Å². The Labute approximate surface area is 111 Å². The van der Waals surface area contributed by atoms with Crippen molar-refractivity contribution in [3.63, 3.8) is 0 Å². The molecule has 0 heterocycles. The third-order valence-electron chi connectivity index (χ3n) is 2.90. The van der Waals surface area contributed by atoms with E-state index >= 15 is 0 Å². The molecule has 98 valence electrons. The van der Waals surface area contributed by atoms with Crippen molar-refractivity contribution in [3.05, 3.63) is 59.2 Å². The number of rotatable bonds is 3. The molecule has 0 unspecified atom stereocenters. The quantitative estimate of drug-likeness (QED) is 0.790. The summed E-state index contributed by atoms with van der Waals surface area (Å²) < 4.78 is 0. The van der Waals surface area contributed by atoms with Crippen LogP contribution in [0.15, 0.2) is 42.5 Å². The van der Waals surface area contributed by atoms with Crippen LogP contribution in [0, 0.1) is 6.92 Å². The fourth-order valence-corrected chi connectivity index (χ4v) is 1.69. The van der Waals surface area contributed by atoms with Crippen LogP contribution in [0.25, 0.3) is 0 Å². The lowest BCUT2D eigenvalue weighted by atomic mass is 10.1. The van der Waals surface area contributed by atoms with Gasteiger partial charge in [-0.25, -0.2) is 0 Å². The van der Waals surface area contributed by atoms with Gasteiger partial charge in [-0.1, -0.05) is 24.3 Å². The van der Waals surface area contributed by atoms with E-state index in [2.05, 4.69) is 5.32 Å². The maximum atomic E-state index is 11.9. The average Bonchev–Trinajstić information content (AvgIpc) is 2.40. The molecule has 4 heteroatoms. The van der Waals surface area contributed by atoms with Gasteiger partial charge in [0.15, 0.2) is 0 Å². The maximum Gasteiger partial charge on any atom is 0.251 e. The Morgan fingerprint density at radius 3 is 2.53 bits per heavy atom. The van der Waals surface area contributed by atoms with E-state index in [-0.39, 0.29) is 24.0 Å². The van der Waals surface area contributed by atoms with E-state index in [1.807, 2.05) is 0 Å². The largest absolute Gasteiger partial charge is 0.508 e. The number of benzene rings is 2. The number of aromatic hydroxyl groups is 2. The standard InChI is InChI=1S/C15H15NO3/c1-10-6-7-11(8-14(10)18)15(19)16-9-12-4-2-3-5-13(12)17/h2-8,17-18H,9H2,1H3,(H,16,19). The van der Waals surface area contributed by atoms with E-state index in [4.69, 9.17) is 0 Å². The van der Waals surface area contributed by atoms with E-state index < -0.39 is 0 Å². The molecule has 0 radical (unpaired) electrons. The summed E-state index contributed by atoms with van der Waals surface area (Å²) >= 11 is 0. The van der Waals surface area contributed by atoms with Crippen molar-refractivity contribution >= 4 is 5.91 Å². The van der Waals surface area contributed by atoms with Crippen LogP contribution in [0.2, 0.25) is 0 Å². The SMILES string of the molecule is Cc1ccc(C(=O)NCc2ccccc2O)cc1O. The minimum absolute atomic E-state index is 0.0928. The number of amides is 1. The minimum Gasteiger partial charge on any atom is -0.508 e. The molecule has 0 aromatic heterocycles. The zero-order valence-corrected chi connectivity index (χ0v) is 10.6. The normalized spacial score (nSPS) is 10.2. The molecule has 2 aromatic carbocycles. The maximum absolute atomic E-state index is 11.9. The molecule has 19 heavy (non-hydrogen) atoms. The van der Waals surface area contributed by atoms with Crippen molar-refractivity contribution < 1.29 is 15.0 Å². The van der Waals surface area contributed by atoms with Crippen molar-refractivity contribution in [2.24, 2.45) is 0 Å². The van der Waals surface area contributed by atoms with Crippen LogP contribution in [-0.4, -0.2) is 16.1 Å². The molecule has 0 aliphatic heterocycles. The summed E-state index contributed by atoms with van der Waals surface area (Å²) in [6.45, 7) is 2.00. The fraction of sp³-hybridized carbons (Fsp3) is 0.133. The van der Waals surface area contributed by atoms with Gasteiger partial charge in [-0.3, -0.25) is 4.79 Å². The monoisotopic (exact) mass is 257 g/mol. The third-order valence-corrected chi connectivity index (χ3v) is 2.90. The highest BCUT2D eigenvalue weighted by Gasteiger charge is 2.08. The second-order valence-corrected chi connectivity index (χ2v) is 4.31. The molecule has 0 saturated carbocycles. The van der Waals surface area contributed by atoms with Gasteiger partial charge in [0.05, 0.1) is 0 Å². The first-order valence-electron chi connectivity index (χ1n) is 5.92. The summed E-state index contributed by atoms with van der Waals surface area (Å²) in [7, 11) is 0. The van der Waals surface area contributed by atoms with Gasteiger partial charge in [0.2, 0.25) is 0 Å². The Morgan fingerprint density at radius 1 is 1.11 bits per heavy atom. The molecular weight excluding hydrogens is 242 g/mol. The number of hydrogen-bond donors (Lipinski definition) is 3. The van der Waals surface area contributed by atoms with Crippen LogP contribution < -0.4 is 5.32 Å². The van der Waals surface area contributed by atoms with Gasteiger partial charge >= 0.3 is 0 Å². The van der Waals surface area contributed by atoms with Crippen LogP contribution >= 0.6 is 0 Å². The zero-order chi connectivity index (χ0) is 13.8. The number of carbonyl (C=O) groups is 1. The van der Waals surface area contributed by atoms with E-state index in [1.165, 1.54) is 6.07 Å². The van der Waals surface area contributed by atoms with Gasteiger partial charge in [0.1, 0.15) is 11.5 Å². The Kier molecular flexibility index (Phi) is 3.71. The molecule has 0 aliphatic rings. The molecule has 0 aliphatic carbocycles. The predicted molar refractivity (Wildman–Crippen MR) is 72.1 cm³/mol. The van der Waals surface area contributed by atoms with Crippen LogP contribution in [-0.2, 0) is 6.54 Å². The van der Waals surface area contributed by atoms with Crippen molar-refractivity contribution in [3.8, 4) is 11.5 Å². The van der Waals surface area contributed by atoms with Crippen molar-refractivity contribution in [1.82, 2.24) is 5.32 Å². The second-order valence-electron chi connectivity index (χ2n) is 4.31. The van der Waals surface area contributed by atoms with Crippen LogP contribution in [0.5, 0.6) is 11.5 Å². The molecule has 2 aromatic rings.